The number of amides is 4. The van der Waals surface area contributed by atoms with Crippen LogP contribution in [0.1, 0.15) is 19.8 Å². The van der Waals surface area contributed by atoms with Crippen molar-refractivity contribution in [1.82, 2.24) is 46.1 Å². The first-order valence-corrected chi connectivity index (χ1v) is 28.7. The Morgan fingerprint density at radius 3 is 0.989 bits per heavy atom. The van der Waals surface area contributed by atoms with E-state index in [1.807, 2.05) is 0 Å². The lowest BCUT2D eigenvalue weighted by Gasteiger charge is -2.44. The van der Waals surface area contributed by atoms with Crippen molar-refractivity contribution >= 4 is 47.5 Å². The molecule has 0 aromatic rings. The highest BCUT2D eigenvalue weighted by molar-refractivity contribution is 5.86. The number of nitrogens with one attached hydrogen (secondary N) is 4. The van der Waals surface area contributed by atoms with Crippen molar-refractivity contribution in [2.75, 3.05) is 131 Å². The number of hydrogen-bond acceptors (Lipinski definition) is 35. The number of carbonyl (C=O) groups is 8. The predicted octanol–water partition coefficient (Wildman–Crippen LogP) is -17.8. The van der Waals surface area contributed by atoms with Crippen LogP contribution in [-0.2, 0) is 48.0 Å². The number of aliphatic hydroxyl groups excluding tert-OH is 20. The largest absolute Gasteiger partial charge is 0.480 e. The quantitative estimate of drug-likeness (QED) is 0.0199. The Balaban J connectivity index is 3.79. The van der Waals surface area contributed by atoms with Gasteiger partial charge >= 0.3 is 23.9 Å². The lowest BCUT2D eigenvalue weighted by atomic mass is 9.95. The lowest BCUT2D eigenvalue weighted by Crippen LogP contribution is -2.62. The molecule has 542 valence electrons. The average molecular weight is 1360 g/mol. The van der Waals surface area contributed by atoms with Crippen LogP contribution in [0, 0.1) is 0 Å². The van der Waals surface area contributed by atoms with Crippen LogP contribution in [0.4, 0.5) is 0 Å². The van der Waals surface area contributed by atoms with E-state index < -0.39 is 307 Å². The molecule has 0 radical (unpaired) electrons. The number of hydroxylamine groups is 2. The molecular formula is C50H93N9O34. The van der Waals surface area contributed by atoms with E-state index in [1.54, 1.807) is 0 Å². The summed E-state index contributed by atoms with van der Waals surface area (Å²) in [5.41, 5.74) is 2.66. The zero-order chi connectivity index (χ0) is 71.2. The summed E-state index contributed by atoms with van der Waals surface area (Å²) in [6.45, 7) is -13.6. The first-order valence-electron chi connectivity index (χ1n) is 28.7. The third kappa shape index (κ3) is 28.5. The Morgan fingerprint density at radius 2 is 0.710 bits per heavy atom. The van der Waals surface area contributed by atoms with Crippen molar-refractivity contribution in [3.05, 3.63) is 0 Å². The normalized spacial score (nSPS) is 20.9. The summed E-state index contributed by atoms with van der Waals surface area (Å²) in [7, 11) is 0. The molecule has 43 nitrogen and oxygen atoms in total. The first-order chi connectivity index (χ1) is 43.5. The molecule has 1 aliphatic rings. The molecule has 1 heterocycles. The third-order valence-corrected chi connectivity index (χ3v) is 14.8. The van der Waals surface area contributed by atoms with Crippen molar-refractivity contribution < 1.29 is 171 Å². The summed E-state index contributed by atoms with van der Waals surface area (Å²) in [4.78, 5) is 121. The number of hydrogen-bond donors (Lipinski definition) is 28. The highest BCUT2D eigenvalue weighted by Crippen LogP contribution is 2.27. The van der Waals surface area contributed by atoms with E-state index in [2.05, 4.69) is 21.6 Å². The number of aliphatic hydroxyl groups is 20. The van der Waals surface area contributed by atoms with Crippen molar-refractivity contribution in [2.45, 2.75) is 135 Å². The summed E-state index contributed by atoms with van der Waals surface area (Å²) in [5, 5.41) is 243. The Labute approximate surface area is 529 Å². The molecule has 1 rings (SSSR count). The summed E-state index contributed by atoms with van der Waals surface area (Å²) in [6, 6.07) is -3.98. The molecular weight excluding hydrogens is 1270 g/mol. The minimum atomic E-state index is -2.45. The summed E-state index contributed by atoms with van der Waals surface area (Å²) >= 11 is 0. The fraction of sp³-hybridized carbons (Fsp3) is 0.840. The van der Waals surface area contributed by atoms with Gasteiger partial charge in [0.1, 0.15) is 97.5 Å². The minimum absolute atomic E-state index is 0.438. The number of rotatable bonds is 49. The Morgan fingerprint density at radius 1 is 0.430 bits per heavy atom. The van der Waals surface area contributed by atoms with Gasteiger partial charge in [-0.3, -0.25) is 62.7 Å². The highest BCUT2D eigenvalue weighted by Gasteiger charge is 2.46. The molecule has 1 saturated heterocycles. The summed E-state index contributed by atoms with van der Waals surface area (Å²) < 4.78 is 0. The Bertz CT molecular complexity index is 2130. The van der Waals surface area contributed by atoms with Gasteiger partial charge in [-0.2, -0.15) is 0 Å². The van der Waals surface area contributed by atoms with Crippen LogP contribution in [0.2, 0.25) is 0 Å². The molecule has 4 amide bonds. The second kappa shape index (κ2) is 43.0. The van der Waals surface area contributed by atoms with Crippen molar-refractivity contribution in [2.24, 2.45) is 0 Å². The van der Waals surface area contributed by atoms with Gasteiger partial charge in [-0.1, -0.05) is 0 Å². The number of carboxylic acids is 4. The highest BCUT2D eigenvalue weighted by atomic mass is 16.7. The molecule has 0 saturated carbocycles. The van der Waals surface area contributed by atoms with E-state index in [-0.39, 0.29) is 0 Å². The van der Waals surface area contributed by atoms with E-state index >= 15 is 0 Å². The Kier molecular flexibility index (Phi) is 39.6. The van der Waals surface area contributed by atoms with Crippen LogP contribution in [0.3, 0.4) is 0 Å². The van der Waals surface area contributed by atoms with Gasteiger partial charge in [-0.25, -0.2) is 11.0 Å². The van der Waals surface area contributed by atoms with Gasteiger partial charge in [0.2, 0.25) is 11.8 Å². The van der Waals surface area contributed by atoms with Crippen molar-refractivity contribution in [3.63, 3.8) is 0 Å². The maximum absolute atomic E-state index is 14.3. The van der Waals surface area contributed by atoms with Gasteiger partial charge in [-0.05, 0) is 6.92 Å². The fourth-order valence-corrected chi connectivity index (χ4v) is 9.20. The molecule has 0 aliphatic carbocycles. The minimum Gasteiger partial charge on any atom is -0.480 e. The van der Waals surface area contributed by atoms with Crippen LogP contribution >= 0.6 is 0 Å². The topological polar surface area (TPSA) is 705 Å². The maximum atomic E-state index is 14.3. The smallest absolute Gasteiger partial charge is 0.321 e. The Hall–Kier alpha value is -5.32. The van der Waals surface area contributed by atoms with E-state index in [9.17, 15) is 140 Å². The number of carboxylic acid groups (broad SMARTS) is 4. The molecule has 0 spiro atoms. The van der Waals surface area contributed by atoms with Gasteiger partial charge in [0.05, 0.1) is 65.6 Å². The van der Waals surface area contributed by atoms with Gasteiger partial charge in [0.25, 0.3) is 11.8 Å². The van der Waals surface area contributed by atoms with Crippen LogP contribution in [-0.4, -0.2) is 441 Å². The SMILES string of the molecule is CC1(N(CC(=O)O)CC(=O)O)CN(C(CC(=O)N(CCNOCC(O)C(O)C(O)C(O)CO)CCNC(=O)C(O)C(O)C(O)C(O)CO)C(=O)O)CCN(C(CC(=O)N(CCNOCC(O)C(O)C(O)C(O)CO)CCNC(=O)C(O)C(O)C(O)C(O)CO)C(=O)O)C1. The first kappa shape index (κ1) is 85.7. The lowest BCUT2D eigenvalue weighted by molar-refractivity contribution is -0.151. The molecule has 43 heteroatoms. The van der Waals surface area contributed by atoms with E-state index in [0.29, 0.717) is 0 Å². The second-order valence-corrected chi connectivity index (χ2v) is 21.9. The van der Waals surface area contributed by atoms with Gasteiger partial charge < -0.3 is 143 Å². The van der Waals surface area contributed by atoms with E-state index in [0.717, 1.165) is 24.5 Å². The van der Waals surface area contributed by atoms with E-state index in [4.69, 9.17) is 30.1 Å². The average Bonchev–Trinajstić information content (AvgIpc) is 1.79. The molecule has 0 bridgehead atoms. The standard InChI is InChI=1S/C50H93N9O34/c1-50(59(14-34(72)73)15-35(74)75)22-57(24(48(88)89)12-32(70)55(6-2-51-46(86)44(84)42(82)38(78)28(66)18-62)8-4-53-92-20-30(68)40(80)36(76)26(64)16-60)10-11-58(23-50)25(49(90)91)13-33(71)56(7-3-52-47(87)45(85)43(83)39(79)29(67)19-63)9-5-54-93-21-31(69)41(81)37(77)27(65)17-61/h24-31,36-45,53-54,60-69,76-85H,2-23H2,1H3,(H,51,86)(H,52,87)(H,72,73)(H,74,75)(H,88,89)(H,90,91). The van der Waals surface area contributed by atoms with Crippen LogP contribution in [0.25, 0.3) is 0 Å². The van der Waals surface area contributed by atoms with Gasteiger partial charge in [-0.15, -0.1) is 0 Å². The van der Waals surface area contributed by atoms with Crippen LogP contribution in [0.5, 0.6) is 0 Å². The summed E-state index contributed by atoms with van der Waals surface area (Å²) in [6.07, 6.45) is -36.0. The number of aliphatic carboxylic acids is 4. The summed E-state index contributed by atoms with van der Waals surface area (Å²) in [5.74, 6) is -11.7. The predicted molar refractivity (Wildman–Crippen MR) is 302 cm³/mol. The van der Waals surface area contributed by atoms with Crippen LogP contribution in [0.15, 0.2) is 0 Å². The zero-order valence-corrected chi connectivity index (χ0v) is 50.5. The fourth-order valence-electron chi connectivity index (χ4n) is 9.20. The molecule has 93 heavy (non-hydrogen) atoms. The van der Waals surface area contributed by atoms with E-state index in [1.165, 1.54) is 6.92 Å². The number of nitrogens with zero attached hydrogens (tertiary/aromatic N) is 5. The maximum Gasteiger partial charge on any atom is 0.321 e. The molecule has 0 aromatic heterocycles. The molecule has 0 aromatic carbocycles. The molecule has 18 atom stereocenters. The second-order valence-electron chi connectivity index (χ2n) is 21.9. The van der Waals surface area contributed by atoms with Crippen molar-refractivity contribution in [1.29, 1.82) is 0 Å². The monoisotopic (exact) mass is 1360 g/mol. The molecule has 1 fully saturated rings. The van der Waals surface area contributed by atoms with Crippen LogP contribution < -0.4 is 21.6 Å². The number of carbonyl (C=O) groups excluding carboxylic acids is 4. The molecule has 18 unspecified atom stereocenters. The van der Waals surface area contributed by atoms with Gasteiger partial charge in [0.15, 0.2) is 12.2 Å². The zero-order valence-electron chi connectivity index (χ0n) is 50.5. The van der Waals surface area contributed by atoms with Crippen molar-refractivity contribution in [3.8, 4) is 0 Å². The molecule has 28 N–H and O–H groups in total. The van der Waals surface area contributed by atoms with Gasteiger partial charge in [0, 0.05) is 84.1 Å². The third-order valence-electron chi connectivity index (χ3n) is 14.8. The molecule has 1 aliphatic heterocycles.